The number of likely N-dealkylation sites (tertiary alicyclic amines) is 1. The fraction of sp³-hybridized carbons (Fsp3) is 0.571. The number of primary sulfonamides is 1. The number of nitrogens with one attached hydrogen (secondary N) is 1. The summed E-state index contributed by atoms with van der Waals surface area (Å²) in [5, 5.41) is 8.14. The molecule has 0 aliphatic carbocycles. The lowest BCUT2D eigenvalue weighted by atomic mass is 10.0. The third-order valence-corrected chi connectivity index (χ3v) is 4.67. The highest BCUT2D eigenvalue weighted by Crippen LogP contribution is 2.22. The van der Waals surface area contributed by atoms with Crippen LogP contribution in [0.4, 0.5) is 10.1 Å². The van der Waals surface area contributed by atoms with E-state index in [2.05, 4.69) is 17.1 Å². The normalized spacial score (nSPS) is 17.9. The topological polar surface area (TPSA) is 75.4 Å². The molecule has 3 N–H and O–H groups in total. The average molecular weight is 315 g/mol. The molecule has 0 saturated carbocycles. The van der Waals surface area contributed by atoms with Crippen LogP contribution in [0.3, 0.4) is 0 Å². The first kappa shape index (κ1) is 16.2. The number of rotatable bonds is 5. The molecule has 1 saturated heterocycles. The zero-order chi connectivity index (χ0) is 15.5. The first-order valence-electron chi connectivity index (χ1n) is 7.21. The molecule has 21 heavy (non-hydrogen) atoms. The van der Waals surface area contributed by atoms with Gasteiger partial charge in [0.2, 0.25) is 10.0 Å². The van der Waals surface area contributed by atoms with Crippen LogP contribution in [-0.4, -0.2) is 39.0 Å². The van der Waals surface area contributed by atoms with Crippen LogP contribution < -0.4 is 10.5 Å². The number of benzene rings is 1. The maximum absolute atomic E-state index is 13.9. The minimum absolute atomic E-state index is 0.205. The van der Waals surface area contributed by atoms with Gasteiger partial charge in [-0.05, 0) is 44.0 Å². The zero-order valence-corrected chi connectivity index (χ0v) is 13.0. The van der Waals surface area contributed by atoms with Crippen molar-refractivity contribution in [2.24, 2.45) is 5.14 Å². The van der Waals surface area contributed by atoms with Crippen molar-refractivity contribution in [1.29, 1.82) is 0 Å². The molecule has 0 atom stereocenters. The molecule has 1 fully saturated rings. The van der Waals surface area contributed by atoms with E-state index in [0.29, 0.717) is 5.69 Å². The molecule has 1 aromatic carbocycles. The number of halogens is 1. The Morgan fingerprint density at radius 3 is 2.57 bits per heavy atom. The van der Waals surface area contributed by atoms with Crippen molar-refractivity contribution in [3.8, 4) is 0 Å². The summed E-state index contributed by atoms with van der Waals surface area (Å²) in [5.74, 6) is -0.586. The largest absolute Gasteiger partial charge is 0.380 e. The summed E-state index contributed by atoms with van der Waals surface area (Å²) in [6.07, 6.45) is 3.05. The van der Waals surface area contributed by atoms with Gasteiger partial charge in [-0.25, -0.2) is 17.9 Å². The van der Waals surface area contributed by atoms with E-state index in [1.54, 1.807) is 0 Å². The molecule has 0 radical (unpaired) electrons. The fourth-order valence-corrected chi connectivity index (χ4v) is 3.15. The van der Waals surface area contributed by atoms with Gasteiger partial charge in [0, 0.05) is 19.1 Å². The summed E-state index contributed by atoms with van der Waals surface area (Å²) in [4.78, 5) is 2.20. The number of nitrogens with two attached hydrogens (primary N) is 1. The van der Waals surface area contributed by atoms with Crippen LogP contribution in [0.25, 0.3) is 0 Å². The Hall–Kier alpha value is -1.18. The van der Waals surface area contributed by atoms with Crippen molar-refractivity contribution in [2.75, 3.05) is 25.0 Å². The fourth-order valence-electron chi connectivity index (χ4n) is 2.63. The van der Waals surface area contributed by atoms with Crippen molar-refractivity contribution >= 4 is 15.7 Å². The zero-order valence-electron chi connectivity index (χ0n) is 12.2. The van der Waals surface area contributed by atoms with Crippen molar-refractivity contribution in [2.45, 2.75) is 37.1 Å². The second-order valence-electron chi connectivity index (χ2n) is 5.45. The van der Waals surface area contributed by atoms with E-state index >= 15 is 0 Å². The maximum Gasteiger partial charge on any atom is 0.238 e. The lowest BCUT2D eigenvalue weighted by Crippen LogP contribution is -2.39. The second-order valence-corrected chi connectivity index (χ2v) is 7.01. The van der Waals surface area contributed by atoms with Crippen molar-refractivity contribution in [1.82, 2.24) is 4.90 Å². The molecule has 0 amide bonds. The van der Waals surface area contributed by atoms with Crippen LogP contribution in [0.1, 0.15) is 26.2 Å². The number of sulfonamides is 1. The van der Waals surface area contributed by atoms with Gasteiger partial charge in [0.25, 0.3) is 0 Å². The van der Waals surface area contributed by atoms with Crippen LogP contribution in [0, 0.1) is 5.82 Å². The minimum Gasteiger partial charge on any atom is -0.380 e. The highest BCUT2D eigenvalue weighted by atomic mass is 32.2. The number of anilines is 1. The molecule has 118 valence electrons. The van der Waals surface area contributed by atoms with Crippen molar-refractivity contribution in [3.63, 3.8) is 0 Å². The third-order valence-electron chi connectivity index (χ3n) is 3.76. The standard InChI is InChI=1S/C14H22FN3O2S/c1-2-7-18-8-5-11(6-9-18)17-14-4-3-12(10-13(14)15)21(16,19)20/h3-4,10-11,17H,2,5-9H2,1H3,(H2,16,19,20). The van der Waals surface area contributed by atoms with Crippen LogP contribution in [-0.2, 0) is 10.0 Å². The highest BCUT2D eigenvalue weighted by molar-refractivity contribution is 7.89. The van der Waals surface area contributed by atoms with Gasteiger partial charge in [0.05, 0.1) is 10.6 Å². The monoisotopic (exact) mass is 315 g/mol. The van der Waals surface area contributed by atoms with Gasteiger partial charge in [0.15, 0.2) is 0 Å². The molecule has 5 nitrogen and oxygen atoms in total. The Bertz CT molecular complexity index is 584. The van der Waals surface area contributed by atoms with E-state index in [0.717, 1.165) is 45.0 Å². The minimum atomic E-state index is -3.86. The number of piperidine rings is 1. The summed E-state index contributed by atoms with van der Waals surface area (Å²) < 4.78 is 36.3. The molecule has 0 bridgehead atoms. The summed E-state index contributed by atoms with van der Waals surface area (Å²) >= 11 is 0. The van der Waals surface area contributed by atoms with E-state index in [1.807, 2.05) is 0 Å². The van der Waals surface area contributed by atoms with E-state index in [4.69, 9.17) is 5.14 Å². The number of hydrogen-bond acceptors (Lipinski definition) is 4. The first-order chi connectivity index (χ1) is 9.90. The van der Waals surface area contributed by atoms with Crippen LogP contribution in [0.15, 0.2) is 23.1 Å². The summed E-state index contributed by atoms with van der Waals surface area (Å²) in [6, 6.07) is 3.94. The van der Waals surface area contributed by atoms with E-state index in [1.165, 1.54) is 12.1 Å². The molecule has 1 aromatic rings. The number of hydrogen-bond donors (Lipinski definition) is 2. The predicted octanol–water partition coefficient (Wildman–Crippen LogP) is 1.76. The molecule has 1 aliphatic heterocycles. The Morgan fingerprint density at radius 1 is 1.38 bits per heavy atom. The molecular formula is C14H22FN3O2S. The van der Waals surface area contributed by atoms with Crippen LogP contribution in [0.5, 0.6) is 0 Å². The van der Waals surface area contributed by atoms with Gasteiger partial charge in [-0.1, -0.05) is 6.92 Å². The Kier molecular flexibility index (Phi) is 5.18. The second kappa shape index (κ2) is 6.72. The summed E-state index contributed by atoms with van der Waals surface area (Å²) in [5.41, 5.74) is 0.330. The molecule has 1 heterocycles. The van der Waals surface area contributed by atoms with Gasteiger partial charge in [0.1, 0.15) is 5.82 Å². The molecule has 0 spiro atoms. The van der Waals surface area contributed by atoms with Crippen LogP contribution in [0.2, 0.25) is 0 Å². The van der Waals surface area contributed by atoms with Gasteiger partial charge >= 0.3 is 0 Å². The summed E-state index contributed by atoms with van der Waals surface area (Å²) in [7, 11) is -3.86. The summed E-state index contributed by atoms with van der Waals surface area (Å²) in [6.45, 7) is 5.27. The molecule has 1 aliphatic rings. The highest BCUT2D eigenvalue weighted by Gasteiger charge is 2.20. The predicted molar refractivity (Wildman–Crippen MR) is 81.1 cm³/mol. The molecule has 0 aromatic heterocycles. The first-order valence-corrected chi connectivity index (χ1v) is 8.76. The number of nitrogens with zero attached hydrogens (tertiary/aromatic N) is 1. The smallest absolute Gasteiger partial charge is 0.238 e. The maximum atomic E-state index is 13.9. The van der Waals surface area contributed by atoms with Crippen molar-refractivity contribution < 1.29 is 12.8 Å². The quantitative estimate of drug-likeness (QED) is 0.868. The Labute approximate surface area is 125 Å². The molecule has 0 unspecified atom stereocenters. The third kappa shape index (κ3) is 4.39. The SMILES string of the molecule is CCCN1CCC(Nc2ccc(S(N)(=O)=O)cc2F)CC1. The van der Waals surface area contributed by atoms with E-state index in [9.17, 15) is 12.8 Å². The molecule has 7 heteroatoms. The van der Waals surface area contributed by atoms with Gasteiger partial charge < -0.3 is 10.2 Å². The Morgan fingerprint density at radius 2 is 2.05 bits per heavy atom. The van der Waals surface area contributed by atoms with Gasteiger partial charge in [-0.3, -0.25) is 0 Å². The average Bonchev–Trinajstić information content (AvgIpc) is 2.42. The van der Waals surface area contributed by atoms with Gasteiger partial charge in [-0.2, -0.15) is 0 Å². The lowest BCUT2D eigenvalue weighted by molar-refractivity contribution is 0.219. The lowest BCUT2D eigenvalue weighted by Gasteiger charge is -2.32. The van der Waals surface area contributed by atoms with Gasteiger partial charge in [-0.15, -0.1) is 0 Å². The van der Waals surface area contributed by atoms with E-state index < -0.39 is 15.8 Å². The van der Waals surface area contributed by atoms with Crippen LogP contribution >= 0.6 is 0 Å². The van der Waals surface area contributed by atoms with Crippen molar-refractivity contribution in [3.05, 3.63) is 24.0 Å². The molecular weight excluding hydrogens is 293 g/mol. The molecule has 2 rings (SSSR count). The van der Waals surface area contributed by atoms with E-state index in [-0.39, 0.29) is 10.9 Å². The Balaban J connectivity index is 1.98.